The molecule has 0 fully saturated rings. The number of ether oxygens (including phenoxy) is 2. The van der Waals surface area contributed by atoms with E-state index >= 15 is 0 Å². The van der Waals surface area contributed by atoms with Crippen LogP contribution in [0.5, 0.6) is 11.5 Å². The molecule has 0 aliphatic carbocycles. The number of hydrogen-bond donors (Lipinski definition) is 2. The quantitative estimate of drug-likeness (QED) is 0.708. The second kappa shape index (κ2) is 9.05. The normalized spacial score (nSPS) is 13.7. The standard InChI is InChI=1S/C18H24ClN5O3/c1-26-14-8-12(7-13(19)18(14)27-11-15(20)25)9-21-10-17-23-22-16-5-3-2-4-6-24(16)17/h7-8,21H,2-6,9-11H2,1H3,(H2,20,25). The van der Waals surface area contributed by atoms with Gasteiger partial charge in [0, 0.05) is 19.5 Å². The van der Waals surface area contributed by atoms with Gasteiger partial charge in [0.15, 0.2) is 18.1 Å². The van der Waals surface area contributed by atoms with E-state index in [9.17, 15) is 4.79 Å². The summed E-state index contributed by atoms with van der Waals surface area (Å²) in [5.74, 6) is 2.21. The number of aryl methyl sites for hydroxylation is 1. The number of hydrogen-bond acceptors (Lipinski definition) is 6. The summed E-state index contributed by atoms with van der Waals surface area (Å²) in [6, 6.07) is 3.59. The minimum absolute atomic E-state index is 0.258. The van der Waals surface area contributed by atoms with Crippen molar-refractivity contribution >= 4 is 17.5 Å². The van der Waals surface area contributed by atoms with Crippen LogP contribution in [0.3, 0.4) is 0 Å². The molecular formula is C18H24ClN5O3. The average molecular weight is 394 g/mol. The van der Waals surface area contributed by atoms with E-state index in [-0.39, 0.29) is 6.61 Å². The Kier molecular flexibility index (Phi) is 6.52. The third-order valence-electron chi connectivity index (χ3n) is 4.45. The molecule has 2 heterocycles. The molecule has 0 atom stereocenters. The van der Waals surface area contributed by atoms with Gasteiger partial charge >= 0.3 is 0 Å². The molecule has 146 valence electrons. The van der Waals surface area contributed by atoms with E-state index in [2.05, 4.69) is 20.1 Å². The Hall–Kier alpha value is -2.32. The summed E-state index contributed by atoms with van der Waals surface area (Å²) in [6.07, 6.45) is 4.57. The average Bonchev–Trinajstić information content (AvgIpc) is 2.87. The second-order valence-corrected chi connectivity index (χ2v) is 6.87. The Balaban J connectivity index is 1.63. The van der Waals surface area contributed by atoms with Gasteiger partial charge in [-0.2, -0.15) is 0 Å². The maximum atomic E-state index is 10.9. The summed E-state index contributed by atoms with van der Waals surface area (Å²) in [4.78, 5) is 10.9. The number of nitrogens with two attached hydrogens (primary N) is 1. The van der Waals surface area contributed by atoms with Crippen LogP contribution in [0, 0.1) is 0 Å². The topological polar surface area (TPSA) is 104 Å². The van der Waals surface area contributed by atoms with E-state index in [0.29, 0.717) is 29.6 Å². The molecule has 1 amide bonds. The summed E-state index contributed by atoms with van der Waals surface area (Å²) in [5, 5.41) is 12.4. The number of primary amides is 1. The highest BCUT2D eigenvalue weighted by atomic mass is 35.5. The lowest BCUT2D eigenvalue weighted by molar-refractivity contribution is -0.119. The first-order valence-electron chi connectivity index (χ1n) is 8.97. The number of aromatic nitrogens is 3. The minimum atomic E-state index is -0.577. The Morgan fingerprint density at radius 3 is 2.93 bits per heavy atom. The predicted molar refractivity (Wildman–Crippen MR) is 101 cm³/mol. The number of rotatable bonds is 8. The Bertz CT molecular complexity index is 809. The number of benzene rings is 1. The number of fused-ring (bicyclic) bond motifs is 1. The van der Waals surface area contributed by atoms with Crippen molar-refractivity contribution in [1.29, 1.82) is 0 Å². The van der Waals surface area contributed by atoms with Crippen LogP contribution in [0.4, 0.5) is 0 Å². The van der Waals surface area contributed by atoms with Gasteiger partial charge in [-0.05, 0) is 30.5 Å². The zero-order valence-corrected chi connectivity index (χ0v) is 16.1. The van der Waals surface area contributed by atoms with Gasteiger partial charge in [0.05, 0.1) is 18.7 Å². The summed E-state index contributed by atoms with van der Waals surface area (Å²) >= 11 is 6.28. The van der Waals surface area contributed by atoms with Crippen LogP contribution in [0.15, 0.2) is 12.1 Å². The molecule has 1 aliphatic heterocycles. The zero-order chi connectivity index (χ0) is 19.2. The van der Waals surface area contributed by atoms with Crippen LogP contribution >= 0.6 is 11.6 Å². The fourth-order valence-corrected chi connectivity index (χ4v) is 3.44. The fourth-order valence-electron chi connectivity index (χ4n) is 3.15. The molecule has 0 saturated heterocycles. The number of methoxy groups -OCH3 is 1. The molecule has 1 aromatic heterocycles. The van der Waals surface area contributed by atoms with Crippen molar-refractivity contribution < 1.29 is 14.3 Å². The van der Waals surface area contributed by atoms with Gasteiger partial charge in [0.25, 0.3) is 5.91 Å². The monoisotopic (exact) mass is 393 g/mol. The molecule has 8 nitrogen and oxygen atoms in total. The number of carbonyl (C=O) groups is 1. The molecule has 0 spiro atoms. The van der Waals surface area contributed by atoms with Crippen molar-refractivity contribution in [2.75, 3.05) is 13.7 Å². The first-order valence-corrected chi connectivity index (χ1v) is 9.35. The molecule has 2 aromatic rings. The van der Waals surface area contributed by atoms with Crippen LogP contribution in [-0.2, 0) is 30.8 Å². The largest absolute Gasteiger partial charge is 0.493 e. The molecular weight excluding hydrogens is 370 g/mol. The highest BCUT2D eigenvalue weighted by molar-refractivity contribution is 6.32. The fraction of sp³-hybridized carbons (Fsp3) is 0.500. The number of carbonyl (C=O) groups excluding carboxylic acids is 1. The number of nitrogens with one attached hydrogen (secondary N) is 1. The zero-order valence-electron chi connectivity index (χ0n) is 15.3. The first kappa shape index (κ1) is 19.4. The van der Waals surface area contributed by atoms with Crippen molar-refractivity contribution in [2.24, 2.45) is 5.73 Å². The molecule has 0 saturated carbocycles. The molecule has 1 aliphatic rings. The summed E-state index contributed by atoms with van der Waals surface area (Å²) in [7, 11) is 1.52. The molecule has 0 bridgehead atoms. The lowest BCUT2D eigenvalue weighted by atomic mass is 10.2. The Labute approximate surface area is 163 Å². The molecule has 9 heteroatoms. The molecule has 27 heavy (non-hydrogen) atoms. The van der Waals surface area contributed by atoms with E-state index in [1.165, 1.54) is 20.0 Å². The predicted octanol–water partition coefficient (Wildman–Crippen LogP) is 1.82. The van der Waals surface area contributed by atoms with Crippen LogP contribution in [0.25, 0.3) is 0 Å². The SMILES string of the molecule is COc1cc(CNCc2nnc3n2CCCCC3)cc(Cl)c1OCC(N)=O. The van der Waals surface area contributed by atoms with Crippen LogP contribution in [0.2, 0.25) is 5.02 Å². The Morgan fingerprint density at radius 1 is 1.30 bits per heavy atom. The lowest BCUT2D eigenvalue weighted by Gasteiger charge is -2.14. The highest BCUT2D eigenvalue weighted by Crippen LogP contribution is 2.36. The van der Waals surface area contributed by atoms with Crippen molar-refractivity contribution in [3.05, 3.63) is 34.4 Å². The number of amides is 1. The van der Waals surface area contributed by atoms with Gasteiger partial charge in [-0.3, -0.25) is 4.79 Å². The third-order valence-corrected chi connectivity index (χ3v) is 4.73. The summed E-state index contributed by atoms with van der Waals surface area (Å²) in [6.45, 7) is 1.91. The Morgan fingerprint density at radius 2 is 2.15 bits per heavy atom. The van der Waals surface area contributed by atoms with Crippen molar-refractivity contribution in [2.45, 2.75) is 45.3 Å². The van der Waals surface area contributed by atoms with Crippen LogP contribution in [0.1, 0.15) is 36.5 Å². The third kappa shape index (κ3) is 4.90. The van der Waals surface area contributed by atoms with E-state index in [1.54, 1.807) is 6.07 Å². The lowest BCUT2D eigenvalue weighted by Crippen LogP contribution is -2.20. The maximum absolute atomic E-state index is 10.9. The van der Waals surface area contributed by atoms with Gasteiger partial charge < -0.3 is 25.1 Å². The van der Waals surface area contributed by atoms with E-state index in [0.717, 1.165) is 36.6 Å². The number of halogens is 1. The maximum Gasteiger partial charge on any atom is 0.255 e. The van der Waals surface area contributed by atoms with Gasteiger partial charge in [-0.1, -0.05) is 18.0 Å². The van der Waals surface area contributed by atoms with Crippen LogP contribution < -0.4 is 20.5 Å². The molecule has 0 unspecified atom stereocenters. The van der Waals surface area contributed by atoms with Gasteiger partial charge in [-0.15, -0.1) is 10.2 Å². The first-order chi connectivity index (χ1) is 13.1. The molecule has 0 radical (unpaired) electrons. The minimum Gasteiger partial charge on any atom is -0.493 e. The van der Waals surface area contributed by atoms with Crippen molar-refractivity contribution in [1.82, 2.24) is 20.1 Å². The number of nitrogens with zero attached hydrogens (tertiary/aromatic N) is 3. The molecule has 3 rings (SSSR count). The van der Waals surface area contributed by atoms with E-state index in [4.69, 9.17) is 26.8 Å². The smallest absolute Gasteiger partial charge is 0.255 e. The molecule has 3 N–H and O–H groups in total. The second-order valence-electron chi connectivity index (χ2n) is 6.46. The van der Waals surface area contributed by atoms with E-state index < -0.39 is 5.91 Å². The summed E-state index contributed by atoms with van der Waals surface area (Å²) < 4.78 is 12.9. The van der Waals surface area contributed by atoms with Gasteiger partial charge in [0.1, 0.15) is 11.6 Å². The van der Waals surface area contributed by atoms with Gasteiger partial charge in [0.2, 0.25) is 0 Å². The molecule has 1 aromatic carbocycles. The van der Waals surface area contributed by atoms with Crippen LogP contribution in [-0.4, -0.2) is 34.4 Å². The van der Waals surface area contributed by atoms with Crippen molar-refractivity contribution in [3.8, 4) is 11.5 Å². The summed E-state index contributed by atoms with van der Waals surface area (Å²) in [5.41, 5.74) is 6.04. The van der Waals surface area contributed by atoms with Gasteiger partial charge in [-0.25, -0.2) is 0 Å². The van der Waals surface area contributed by atoms with E-state index in [1.807, 2.05) is 6.07 Å². The van der Waals surface area contributed by atoms with Crippen molar-refractivity contribution in [3.63, 3.8) is 0 Å². The highest BCUT2D eigenvalue weighted by Gasteiger charge is 2.15.